The van der Waals surface area contributed by atoms with Crippen molar-refractivity contribution in [2.75, 3.05) is 0 Å². The molecule has 0 fully saturated rings. The number of hydrogen-bond donors (Lipinski definition) is 3. The number of pyridine rings is 1. The van der Waals surface area contributed by atoms with E-state index in [0.717, 1.165) is 38.9 Å². The number of para-hydroxylation sites is 2. The monoisotopic (exact) mass is 518 g/mol. The molecule has 3 aromatic carbocycles. The van der Waals surface area contributed by atoms with Gasteiger partial charge in [-0.3, -0.25) is 15.1 Å². The second-order valence-electron chi connectivity index (χ2n) is 10.1. The van der Waals surface area contributed by atoms with Gasteiger partial charge in [0.05, 0.1) is 11.6 Å². The molecule has 0 aliphatic rings. The number of carbonyl (C=O) groups excluding carboxylic acids is 1. The van der Waals surface area contributed by atoms with Crippen LogP contribution in [-0.4, -0.2) is 21.4 Å². The summed E-state index contributed by atoms with van der Waals surface area (Å²) in [4.78, 5) is 21.4. The highest BCUT2D eigenvalue weighted by Gasteiger charge is 2.35. The Balaban J connectivity index is 1.37. The van der Waals surface area contributed by atoms with Gasteiger partial charge in [0, 0.05) is 53.6 Å². The molecule has 0 aliphatic carbocycles. The van der Waals surface area contributed by atoms with E-state index >= 15 is 0 Å². The summed E-state index contributed by atoms with van der Waals surface area (Å²) < 4.78 is 6.15. The van der Waals surface area contributed by atoms with Crippen molar-refractivity contribution in [1.29, 1.82) is 0 Å². The van der Waals surface area contributed by atoms with E-state index in [2.05, 4.69) is 32.7 Å². The minimum absolute atomic E-state index is 0.0575. The first kappa shape index (κ1) is 26.2. The summed E-state index contributed by atoms with van der Waals surface area (Å²) in [5, 5.41) is 7.96. The van der Waals surface area contributed by atoms with Gasteiger partial charge in [0.1, 0.15) is 12.4 Å². The second kappa shape index (κ2) is 12.0. The van der Waals surface area contributed by atoms with Crippen LogP contribution >= 0.6 is 0 Å². The Bertz CT molecular complexity index is 1520. The van der Waals surface area contributed by atoms with Crippen LogP contribution in [0.25, 0.3) is 10.9 Å². The van der Waals surface area contributed by atoms with Gasteiger partial charge in [-0.25, -0.2) is 0 Å². The molecule has 2 aromatic heterocycles. The Morgan fingerprint density at radius 1 is 0.949 bits per heavy atom. The van der Waals surface area contributed by atoms with Gasteiger partial charge < -0.3 is 15.0 Å². The van der Waals surface area contributed by atoms with Gasteiger partial charge >= 0.3 is 0 Å². The molecule has 0 aliphatic heterocycles. The Morgan fingerprint density at radius 2 is 1.72 bits per heavy atom. The molecule has 3 N–H and O–H groups in total. The number of fused-ring (bicyclic) bond motifs is 1. The predicted octanol–water partition coefficient (Wildman–Crippen LogP) is 6.11. The molecule has 5 rings (SSSR count). The van der Waals surface area contributed by atoms with Gasteiger partial charge in [-0.2, -0.15) is 0 Å². The number of ether oxygens (including phenoxy) is 1. The van der Waals surface area contributed by atoms with Gasteiger partial charge in [0.2, 0.25) is 5.91 Å². The van der Waals surface area contributed by atoms with E-state index in [1.54, 1.807) is 12.4 Å². The molecule has 6 nitrogen and oxygen atoms in total. The lowest BCUT2D eigenvalue weighted by atomic mass is 9.90. The standard InChI is InChI=1S/C33H34N4O2/c1-24(26-12-4-3-5-13-26)37-32(38)33(2,19-28-21-35-30-16-8-7-15-29(28)30)36-22-27-14-6-9-17-31(27)39-23-25-11-10-18-34-20-25/h3-18,20-21,24,35-36H,19,22-23H2,1-2H3,(H,37,38). The highest BCUT2D eigenvalue weighted by Crippen LogP contribution is 2.26. The summed E-state index contributed by atoms with van der Waals surface area (Å²) in [5.41, 5.74) is 4.31. The van der Waals surface area contributed by atoms with E-state index in [9.17, 15) is 4.79 Å². The van der Waals surface area contributed by atoms with Crippen molar-refractivity contribution in [2.24, 2.45) is 0 Å². The van der Waals surface area contributed by atoms with E-state index in [0.29, 0.717) is 19.6 Å². The third-order valence-corrected chi connectivity index (χ3v) is 7.13. The molecule has 5 aromatic rings. The predicted molar refractivity (Wildman–Crippen MR) is 155 cm³/mol. The van der Waals surface area contributed by atoms with Crippen LogP contribution in [0.4, 0.5) is 0 Å². The Hall–Kier alpha value is -4.42. The number of hydrogen-bond acceptors (Lipinski definition) is 4. The van der Waals surface area contributed by atoms with E-state index < -0.39 is 5.54 Å². The molecule has 0 radical (unpaired) electrons. The van der Waals surface area contributed by atoms with Crippen LogP contribution in [0.3, 0.4) is 0 Å². The number of rotatable bonds is 11. The van der Waals surface area contributed by atoms with E-state index in [1.165, 1.54) is 0 Å². The minimum Gasteiger partial charge on any atom is -0.489 e. The highest BCUT2D eigenvalue weighted by atomic mass is 16.5. The van der Waals surface area contributed by atoms with E-state index in [1.807, 2.05) is 98.9 Å². The zero-order valence-corrected chi connectivity index (χ0v) is 22.4. The number of nitrogens with one attached hydrogen (secondary N) is 3. The first-order valence-electron chi connectivity index (χ1n) is 13.3. The fourth-order valence-corrected chi connectivity index (χ4v) is 4.79. The average Bonchev–Trinajstić information content (AvgIpc) is 3.38. The molecule has 1 amide bonds. The summed E-state index contributed by atoms with van der Waals surface area (Å²) in [5.74, 6) is 0.722. The van der Waals surface area contributed by atoms with Crippen molar-refractivity contribution in [2.45, 2.75) is 45.0 Å². The molecule has 39 heavy (non-hydrogen) atoms. The summed E-state index contributed by atoms with van der Waals surface area (Å²) >= 11 is 0. The van der Waals surface area contributed by atoms with Gasteiger partial charge in [-0.15, -0.1) is 0 Å². The maximum Gasteiger partial charge on any atom is 0.240 e. The maximum atomic E-state index is 13.9. The first-order chi connectivity index (χ1) is 19.0. The van der Waals surface area contributed by atoms with Crippen molar-refractivity contribution in [1.82, 2.24) is 20.6 Å². The largest absolute Gasteiger partial charge is 0.489 e. The van der Waals surface area contributed by atoms with Crippen LogP contribution in [0, 0.1) is 0 Å². The zero-order chi connectivity index (χ0) is 27.1. The molecule has 2 heterocycles. The SMILES string of the molecule is CC(NC(=O)C(C)(Cc1c[nH]c2ccccc12)NCc1ccccc1OCc1cccnc1)c1ccccc1. The summed E-state index contributed by atoms with van der Waals surface area (Å²) in [6, 6.07) is 29.9. The lowest BCUT2D eigenvalue weighted by Gasteiger charge is -2.32. The molecule has 2 unspecified atom stereocenters. The van der Waals surface area contributed by atoms with Crippen molar-refractivity contribution < 1.29 is 9.53 Å². The number of amides is 1. The quantitative estimate of drug-likeness (QED) is 0.197. The van der Waals surface area contributed by atoms with Crippen molar-refractivity contribution in [3.63, 3.8) is 0 Å². The van der Waals surface area contributed by atoms with E-state index in [4.69, 9.17) is 4.74 Å². The van der Waals surface area contributed by atoms with Crippen LogP contribution in [0.2, 0.25) is 0 Å². The number of benzene rings is 3. The molecule has 0 saturated carbocycles. The highest BCUT2D eigenvalue weighted by molar-refractivity contribution is 5.89. The second-order valence-corrected chi connectivity index (χ2v) is 10.1. The fraction of sp³-hybridized carbons (Fsp3) is 0.212. The number of carbonyl (C=O) groups is 1. The third kappa shape index (κ3) is 6.36. The zero-order valence-electron chi connectivity index (χ0n) is 22.4. The molecule has 0 saturated heterocycles. The van der Waals surface area contributed by atoms with E-state index in [-0.39, 0.29) is 11.9 Å². The third-order valence-electron chi connectivity index (χ3n) is 7.13. The molecule has 2 atom stereocenters. The summed E-state index contributed by atoms with van der Waals surface area (Å²) in [6.45, 7) is 4.88. The summed E-state index contributed by atoms with van der Waals surface area (Å²) in [6.07, 6.45) is 6.07. The Morgan fingerprint density at radius 3 is 2.54 bits per heavy atom. The molecule has 198 valence electrons. The van der Waals surface area contributed by atoms with Crippen LogP contribution < -0.4 is 15.4 Å². The summed E-state index contributed by atoms with van der Waals surface area (Å²) in [7, 11) is 0. The topological polar surface area (TPSA) is 79.0 Å². The van der Waals surface area contributed by atoms with Crippen LogP contribution in [0.1, 0.15) is 42.1 Å². The van der Waals surface area contributed by atoms with Crippen molar-refractivity contribution in [3.05, 3.63) is 132 Å². The van der Waals surface area contributed by atoms with Crippen LogP contribution in [-0.2, 0) is 24.4 Å². The van der Waals surface area contributed by atoms with Crippen LogP contribution in [0.5, 0.6) is 5.75 Å². The molecular formula is C33H34N4O2. The van der Waals surface area contributed by atoms with Gasteiger partial charge in [-0.1, -0.05) is 72.8 Å². The maximum absolute atomic E-state index is 13.9. The lowest BCUT2D eigenvalue weighted by molar-refractivity contribution is -0.127. The average molecular weight is 519 g/mol. The molecule has 0 spiro atoms. The van der Waals surface area contributed by atoms with Gasteiger partial charge in [0.25, 0.3) is 0 Å². The Kier molecular flexibility index (Phi) is 8.04. The molecular weight excluding hydrogens is 484 g/mol. The number of H-pyrrole nitrogens is 1. The minimum atomic E-state index is -0.884. The lowest BCUT2D eigenvalue weighted by Crippen LogP contribution is -2.56. The first-order valence-corrected chi connectivity index (χ1v) is 13.3. The normalized spacial score (nSPS) is 13.5. The smallest absolute Gasteiger partial charge is 0.240 e. The van der Waals surface area contributed by atoms with Gasteiger partial charge in [0.15, 0.2) is 0 Å². The van der Waals surface area contributed by atoms with Crippen molar-refractivity contribution in [3.8, 4) is 5.75 Å². The molecule has 0 bridgehead atoms. The molecule has 6 heteroatoms. The fourth-order valence-electron chi connectivity index (χ4n) is 4.79. The number of nitrogens with zero attached hydrogens (tertiary/aromatic N) is 1. The van der Waals surface area contributed by atoms with Gasteiger partial charge in [-0.05, 0) is 43.2 Å². The Labute approximate surface area is 229 Å². The van der Waals surface area contributed by atoms with Crippen LogP contribution in [0.15, 0.2) is 110 Å². The van der Waals surface area contributed by atoms with Crippen molar-refractivity contribution >= 4 is 16.8 Å². The number of aromatic amines is 1. The number of aromatic nitrogens is 2.